The van der Waals surface area contributed by atoms with Gasteiger partial charge in [-0.3, -0.25) is 9.78 Å². The number of fused-ring (bicyclic) bond motifs is 1. The molecule has 144 valence electrons. The lowest BCUT2D eigenvalue weighted by Crippen LogP contribution is -1.93. The quantitative estimate of drug-likeness (QED) is 0.545. The Morgan fingerprint density at radius 1 is 1.04 bits per heavy atom. The summed E-state index contributed by atoms with van der Waals surface area (Å²) in [7, 11) is 1.69. The Balaban J connectivity index is 0.000000454. The van der Waals surface area contributed by atoms with Crippen molar-refractivity contribution in [1.82, 2.24) is 4.98 Å². The summed E-state index contributed by atoms with van der Waals surface area (Å²) in [6, 6.07) is 16.5. The van der Waals surface area contributed by atoms with Gasteiger partial charge in [0.2, 0.25) is 0 Å². The van der Waals surface area contributed by atoms with Crippen LogP contribution in [0.4, 0.5) is 0 Å². The Bertz CT molecular complexity index is 811. The number of nitrogens with zero attached hydrogens (tertiary/aromatic N) is 1. The molecular formula is C23H29NO3. The number of carbonyl (C=O) groups excluding carboxylic acids is 1. The number of hydrogen-bond acceptors (Lipinski definition) is 4. The van der Waals surface area contributed by atoms with Crippen LogP contribution in [0, 0.1) is 0 Å². The van der Waals surface area contributed by atoms with Gasteiger partial charge in [0, 0.05) is 11.6 Å². The number of aromatic nitrogens is 1. The molecule has 1 heterocycles. The second-order valence-corrected chi connectivity index (χ2v) is 5.31. The van der Waals surface area contributed by atoms with Crippen molar-refractivity contribution in [2.24, 2.45) is 0 Å². The third-order valence-corrected chi connectivity index (χ3v) is 3.83. The maximum absolute atomic E-state index is 9.18. The van der Waals surface area contributed by atoms with E-state index < -0.39 is 0 Å². The van der Waals surface area contributed by atoms with Crippen LogP contribution in [0.25, 0.3) is 22.0 Å². The van der Waals surface area contributed by atoms with E-state index in [1.54, 1.807) is 14.0 Å². The molecule has 0 aliphatic carbocycles. The highest BCUT2D eigenvalue weighted by molar-refractivity contribution is 5.96. The summed E-state index contributed by atoms with van der Waals surface area (Å²) in [5, 5.41) is 1.15. The number of pyridine rings is 1. The summed E-state index contributed by atoms with van der Waals surface area (Å²) in [5.41, 5.74) is 4.75. The predicted molar refractivity (Wildman–Crippen MR) is 112 cm³/mol. The van der Waals surface area contributed by atoms with E-state index >= 15 is 0 Å². The normalized spacial score (nSPS) is 9.37. The van der Waals surface area contributed by atoms with Gasteiger partial charge in [-0.2, -0.15) is 0 Å². The number of benzene rings is 2. The first kappa shape index (κ1) is 22.2. The van der Waals surface area contributed by atoms with Crippen molar-refractivity contribution in [2.75, 3.05) is 13.7 Å². The van der Waals surface area contributed by atoms with E-state index in [9.17, 15) is 4.79 Å². The molecule has 0 saturated heterocycles. The Labute approximate surface area is 162 Å². The van der Waals surface area contributed by atoms with Gasteiger partial charge in [-0.05, 0) is 48.2 Å². The highest BCUT2D eigenvalue weighted by Gasteiger charge is 2.10. The van der Waals surface area contributed by atoms with Gasteiger partial charge in [0.15, 0.2) is 0 Å². The van der Waals surface area contributed by atoms with Crippen LogP contribution < -0.4 is 4.74 Å². The molecular weight excluding hydrogens is 338 g/mol. The maximum atomic E-state index is 9.18. The van der Waals surface area contributed by atoms with E-state index in [0.717, 1.165) is 23.1 Å². The van der Waals surface area contributed by atoms with Crippen LogP contribution in [-0.4, -0.2) is 25.2 Å². The first-order valence-electron chi connectivity index (χ1n) is 9.31. The van der Waals surface area contributed by atoms with Crippen LogP contribution in [-0.2, 0) is 16.0 Å². The van der Waals surface area contributed by atoms with Crippen LogP contribution in [0.2, 0.25) is 0 Å². The van der Waals surface area contributed by atoms with Crippen LogP contribution in [0.3, 0.4) is 0 Å². The second kappa shape index (κ2) is 12.5. The van der Waals surface area contributed by atoms with E-state index in [4.69, 9.17) is 4.74 Å². The van der Waals surface area contributed by atoms with E-state index in [0.29, 0.717) is 13.1 Å². The largest absolute Gasteiger partial charge is 0.497 e. The maximum Gasteiger partial charge on any atom is 0.293 e. The van der Waals surface area contributed by atoms with E-state index in [1.807, 2.05) is 38.2 Å². The van der Waals surface area contributed by atoms with E-state index in [1.165, 1.54) is 16.7 Å². The average molecular weight is 367 g/mol. The fourth-order valence-corrected chi connectivity index (χ4v) is 2.62. The number of rotatable bonds is 5. The van der Waals surface area contributed by atoms with Crippen molar-refractivity contribution in [1.29, 1.82) is 0 Å². The number of aryl methyl sites for hydroxylation is 1. The molecule has 1 aromatic heterocycles. The van der Waals surface area contributed by atoms with Crippen molar-refractivity contribution in [2.45, 2.75) is 34.1 Å². The second-order valence-electron chi connectivity index (χ2n) is 5.31. The molecule has 2 aromatic carbocycles. The van der Waals surface area contributed by atoms with Gasteiger partial charge in [-0.15, -0.1) is 0 Å². The molecule has 0 saturated carbocycles. The minimum Gasteiger partial charge on any atom is -0.497 e. The smallest absolute Gasteiger partial charge is 0.293 e. The van der Waals surface area contributed by atoms with Gasteiger partial charge in [0.1, 0.15) is 5.75 Å². The van der Waals surface area contributed by atoms with Crippen molar-refractivity contribution in [3.8, 4) is 16.9 Å². The molecule has 27 heavy (non-hydrogen) atoms. The van der Waals surface area contributed by atoms with Gasteiger partial charge in [0.25, 0.3) is 6.47 Å². The first-order valence-corrected chi connectivity index (χ1v) is 9.31. The number of hydrogen-bond donors (Lipinski definition) is 0. The Morgan fingerprint density at radius 2 is 1.74 bits per heavy atom. The van der Waals surface area contributed by atoms with Gasteiger partial charge in [0.05, 0.1) is 19.2 Å². The molecule has 0 aliphatic heterocycles. The summed E-state index contributed by atoms with van der Waals surface area (Å²) in [6.45, 7) is 8.83. The lowest BCUT2D eigenvalue weighted by Gasteiger charge is -2.12. The van der Waals surface area contributed by atoms with Crippen LogP contribution >= 0.6 is 0 Å². The molecule has 0 radical (unpaired) electrons. The van der Waals surface area contributed by atoms with Gasteiger partial charge in [-0.25, -0.2) is 0 Å². The van der Waals surface area contributed by atoms with Crippen molar-refractivity contribution in [3.63, 3.8) is 0 Å². The molecule has 4 nitrogen and oxygen atoms in total. The number of carbonyl (C=O) groups is 1. The topological polar surface area (TPSA) is 48.4 Å². The lowest BCUT2D eigenvalue weighted by atomic mass is 9.95. The molecule has 0 aliphatic rings. The van der Waals surface area contributed by atoms with Gasteiger partial charge < -0.3 is 9.47 Å². The summed E-state index contributed by atoms with van der Waals surface area (Å²) in [4.78, 5) is 13.7. The van der Waals surface area contributed by atoms with E-state index in [-0.39, 0.29) is 0 Å². The Hall–Kier alpha value is -2.88. The average Bonchev–Trinajstić information content (AvgIpc) is 2.75. The third-order valence-electron chi connectivity index (χ3n) is 3.83. The Kier molecular flexibility index (Phi) is 10.2. The summed E-state index contributed by atoms with van der Waals surface area (Å²) in [5.74, 6) is 0.865. The minimum atomic E-state index is 0.431. The molecule has 0 atom stereocenters. The minimum absolute atomic E-state index is 0.431. The summed E-state index contributed by atoms with van der Waals surface area (Å²) < 4.78 is 9.51. The van der Waals surface area contributed by atoms with Crippen LogP contribution in [0.1, 0.15) is 33.3 Å². The zero-order chi connectivity index (χ0) is 20.1. The van der Waals surface area contributed by atoms with Crippen molar-refractivity contribution >= 4 is 17.4 Å². The fraction of sp³-hybridized carbons (Fsp3) is 0.304. The molecule has 0 N–H and O–H groups in total. The first-order chi connectivity index (χ1) is 13.2. The van der Waals surface area contributed by atoms with Crippen LogP contribution in [0.5, 0.6) is 5.75 Å². The molecule has 0 fully saturated rings. The highest BCUT2D eigenvalue weighted by Crippen LogP contribution is 2.33. The molecule has 0 unspecified atom stereocenters. The highest BCUT2D eigenvalue weighted by atomic mass is 16.5. The monoisotopic (exact) mass is 367 g/mol. The molecule has 4 heteroatoms. The molecule has 0 bridgehead atoms. The predicted octanol–water partition coefficient (Wildman–Crippen LogP) is 5.68. The zero-order valence-corrected chi connectivity index (χ0v) is 16.9. The molecule has 3 aromatic rings. The standard InChI is InChI=1S/C18H17NO.C3H6O2.C2H6/c1-3-13-12-19-17-10-9-15(20-2)11-16(17)18(13)14-7-5-4-6-8-14;1-2-5-3-4;1-2/h4-12H,3H2,1-2H3;3H,2H2,1H3;1-2H3. The lowest BCUT2D eigenvalue weighted by molar-refractivity contribution is -0.128. The van der Waals surface area contributed by atoms with Gasteiger partial charge in [-0.1, -0.05) is 51.1 Å². The fourth-order valence-electron chi connectivity index (χ4n) is 2.62. The van der Waals surface area contributed by atoms with E-state index in [2.05, 4.69) is 47.0 Å². The molecule has 0 amide bonds. The van der Waals surface area contributed by atoms with Gasteiger partial charge >= 0.3 is 0 Å². The molecule has 3 rings (SSSR count). The summed E-state index contributed by atoms with van der Waals surface area (Å²) >= 11 is 0. The molecule has 0 spiro atoms. The zero-order valence-electron chi connectivity index (χ0n) is 16.9. The third kappa shape index (κ3) is 6.10. The van der Waals surface area contributed by atoms with Crippen molar-refractivity contribution in [3.05, 3.63) is 60.3 Å². The summed E-state index contributed by atoms with van der Waals surface area (Å²) in [6.07, 6.45) is 2.95. The number of ether oxygens (including phenoxy) is 2. The van der Waals surface area contributed by atoms with Crippen molar-refractivity contribution < 1.29 is 14.3 Å². The SMILES string of the molecule is CC.CCOC=O.CCc1cnc2ccc(OC)cc2c1-c1ccccc1. The van der Waals surface area contributed by atoms with Crippen LogP contribution in [0.15, 0.2) is 54.7 Å². The number of methoxy groups -OCH3 is 1. The Morgan fingerprint density at radius 3 is 2.26 bits per heavy atom.